The fourth-order valence-electron chi connectivity index (χ4n) is 4.57. The largest absolute Gasteiger partial charge is 0.469 e. The summed E-state index contributed by atoms with van der Waals surface area (Å²) < 4.78 is 55.1. The number of pyridine rings is 1. The normalized spacial score (nSPS) is 32.2. The number of alkyl halides is 3. The lowest BCUT2D eigenvalue weighted by molar-refractivity contribution is -0.184. The summed E-state index contributed by atoms with van der Waals surface area (Å²) in [7, 11) is 0. The van der Waals surface area contributed by atoms with Crippen LogP contribution in [0.4, 0.5) is 18.0 Å². The van der Waals surface area contributed by atoms with E-state index in [0.29, 0.717) is 25.6 Å². The number of fused-ring (bicyclic) bond motifs is 1. The van der Waals surface area contributed by atoms with Gasteiger partial charge in [-0.1, -0.05) is 6.07 Å². The second kappa shape index (κ2) is 9.14. The molecule has 1 amide bonds. The molecule has 190 valence electrons. The number of likely N-dealkylation sites (tertiary alicyclic amines) is 2. The molecule has 1 aromatic rings. The summed E-state index contributed by atoms with van der Waals surface area (Å²) >= 11 is 0. The first-order valence-corrected chi connectivity index (χ1v) is 11.2. The number of ether oxygens (including phenoxy) is 3. The van der Waals surface area contributed by atoms with Gasteiger partial charge < -0.3 is 29.3 Å². The van der Waals surface area contributed by atoms with E-state index >= 15 is 0 Å². The van der Waals surface area contributed by atoms with Crippen molar-refractivity contribution in [2.24, 2.45) is 5.92 Å². The molecular weight excluding hydrogens is 459 g/mol. The molecule has 2 unspecified atom stereocenters. The van der Waals surface area contributed by atoms with E-state index in [9.17, 15) is 28.2 Å². The van der Waals surface area contributed by atoms with Crippen LogP contribution in [0.15, 0.2) is 18.2 Å². The minimum atomic E-state index is -4.63. The summed E-state index contributed by atoms with van der Waals surface area (Å²) in [4.78, 5) is 19.5. The molecule has 0 saturated carbocycles. The number of aliphatic hydroxyl groups excluding tert-OH is 2. The van der Waals surface area contributed by atoms with Gasteiger partial charge in [0, 0.05) is 38.2 Å². The number of aliphatic hydroxyl groups is 2. The van der Waals surface area contributed by atoms with Crippen molar-refractivity contribution in [1.82, 2.24) is 14.8 Å². The summed E-state index contributed by atoms with van der Waals surface area (Å²) in [5, 5.41) is 21.1. The van der Waals surface area contributed by atoms with Crippen LogP contribution in [0, 0.1) is 5.92 Å². The van der Waals surface area contributed by atoms with Crippen LogP contribution in [0.5, 0.6) is 5.88 Å². The van der Waals surface area contributed by atoms with Crippen molar-refractivity contribution in [1.29, 1.82) is 0 Å². The zero-order valence-electron chi connectivity index (χ0n) is 19.2. The molecule has 1 aromatic heterocycles. The minimum Gasteiger partial charge on any atom is -0.469 e. The molecule has 12 heteroatoms. The molecule has 34 heavy (non-hydrogen) atoms. The number of aromatic nitrogens is 1. The highest BCUT2D eigenvalue weighted by atomic mass is 19.4. The Morgan fingerprint density at radius 2 is 1.91 bits per heavy atom. The fraction of sp³-hybridized carbons (Fsp3) is 0.727. The maximum absolute atomic E-state index is 12.9. The van der Waals surface area contributed by atoms with E-state index in [2.05, 4.69) is 9.88 Å². The molecule has 4 heterocycles. The summed E-state index contributed by atoms with van der Waals surface area (Å²) in [6, 6.07) is 3.25. The van der Waals surface area contributed by atoms with E-state index in [1.807, 2.05) is 20.8 Å². The maximum Gasteiger partial charge on any atom is 0.433 e. The minimum absolute atomic E-state index is 0.0311. The Kier molecular flexibility index (Phi) is 6.71. The van der Waals surface area contributed by atoms with Crippen molar-refractivity contribution in [3.8, 4) is 5.88 Å². The van der Waals surface area contributed by atoms with E-state index in [0.717, 1.165) is 18.7 Å². The molecule has 0 spiro atoms. The van der Waals surface area contributed by atoms with Crippen LogP contribution in [-0.2, 0) is 15.7 Å². The van der Waals surface area contributed by atoms with Gasteiger partial charge in [0.1, 0.15) is 23.5 Å². The molecule has 3 aliphatic rings. The van der Waals surface area contributed by atoms with E-state index in [1.54, 1.807) is 4.90 Å². The van der Waals surface area contributed by atoms with Crippen molar-refractivity contribution in [3.63, 3.8) is 0 Å². The Labute approximate surface area is 195 Å². The topological polar surface area (TPSA) is 105 Å². The van der Waals surface area contributed by atoms with Gasteiger partial charge in [0.15, 0.2) is 6.10 Å². The van der Waals surface area contributed by atoms with Gasteiger partial charge in [0.25, 0.3) is 0 Å². The molecule has 4 rings (SSSR count). The monoisotopic (exact) mass is 489 g/mol. The lowest BCUT2D eigenvalue weighted by Crippen LogP contribution is -2.59. The van der Waals surface area contributed by atoms with Gasteiger partial charge in [-0.05, 0) is 26.8 Å². The highest BCUT2D eigenvalue weighted by molar-refractivity contribution is 5.70. The second-order valence-corrected chi connectivity index (χ2v) is 10.0. The number of rotatable bonds is 4. The Morgan fingerprint density at radius 1 is 1.18 bits per heavy atom. The summed E-state index contributed by atoms with van der Waals surface area (Å²) in [5.74, 6) is -0.00674. The zero-order valence-corrected chi connectivity index (χ0v) is 19.2. The Morgan fingerprint density at radius 3 is 2.59 bits per heavy atom. The first kappa shape index (κ1) is 25.0. The molecular formula is C22H30F3N3O6. The summed E-state index contributed by atoms with van der Waals surface area (Å²) in [6.07, 6.45) is -9.42. The van der Waals surface area contributed by atoms with E-state index < -0.39 is 41.9 Å². The van der Waals surface area contributed by atoms with Gasteiger partial charge in [-0.2, -0.15) is 13.2 Å². The van der Waals surface area contributed by atoms with Gasteiger partial charge in [-0.25, -0.2) is 9.78 Å². The number of halogens is 3. The molecule has 3 aliphatic heterocycles. The maximum atomic E-state index is 12.9. The van der Waals surface area contributed by atoms with Crippen LogP contribution in [0.3, 0.4) is 0 Å². The quantitative estimate of drug-likeness (QED) is 0.656. The number of nitrogens with zero attached hydrogens (tertiary/aromatic N) is 3. The average molecular weight is 489 g/mol. The number of amides is 1. The number of carbonyl (C=O) groups excluding carboxylic acids is 1. The molecule has 0 aromatic carbocycles. The summed E-state index contributed by atoms with van der Waals surface area (Å²) in [5.41, 5.74) is -1.68. The highest BCUT2D eigenvalue weighted by Crippen LogP contribution is 2.34. The van der Waals surface area contributed by atoms with Gasteiger partial charge >= 0.3 is 12.3 Å². The standard InChI is InChI=1S/C22H30F3N3O6/c1-21(2,3)34-20(31)28-8-12-7-27(9-13(12)28)10-14-18(29)19(30)15(11-32-14)33-17-6-4-5-16(26-17)22(23,24)25/h4-6,12-15,18-19,29-30H,7-11H2,1-3H3/t12?,13?,14-,15+,18+,19-/m1/s1. The van der Waals surface area contributed by atoms with Gasteiger partial charge in [-0.3, -0.25) is 4.90 Å². The van der Waals surface area contributed by atoms with Crippen LogP contribution in [-0.4, -0.2) is 99.9 Å². The lowest BCUT2D eigenvalue weighted by Gasteiger charge is -2.43. The Bertz CT molecular complexity index is 895. The molecule has 0 aliphatic carbocycles. The van der Waals surface area contributed by atoms with E-state index in [1.165, 1.54) is 6.07 Å². The molecule has 6 atom stereocenters. The predicted molar refractivity (Wildman–Crippen MR) is 112 cm³/mol. The second-order valence-electron chi connectivity index (χ2n) is 10.0. The predicted octanol–water partition coefficient (Wildman–Crippen LogP) is 1.52. The fourth-order valence-corrected chi connectivity index (χ4v) is 4.57. The van der Waals surface area contributed by atoms with Crippen LogP contribution >= 0.6 is 0 Å². The van der Waals surface area contributed by atoms with Crippen LogP contribution < -0.4 is 4.74 Å². The van der Waals surface area contributed by atoms with Crippen molar-refractivity contribution < 1.29 is 42.4 Å². The van der Waals surface area contributed by atoms with Gasteiger partial charge in [0.05, 0.1) is 18.8 Å². The van der Waals surface area contributed by atoms with Crippen molar-refractivity contribution in [3.05, 3.63) is 23.9 Å². The number of hydrogen-bond acceptors (Lipinski definition) is 8. The third kappa shape index (κ3) is 5.40. The SMILES string of the molecule is CC(C)(C)OC(=O)N1CC2CN(C[C@H]3OC[C@H](Oc4cccc(C(F)(F)F)n4)[C@@H](O)[C@H]3O)CC21. The first-order valence-electron chi connectivity index (χ1n) is 11.2. The smallest absolute Gasteiger partial charge is 0.433 e. The molecule has 0 bridgehead atoms. The van der Waals surface area contributed by atoms with E-state index in [-0.39, 0.29) is 24.6 Å². The summed E-state index contributed by atoms with van der Waals surface area (Å²) in [6.45, 7) is 7.59. The Balaban J connectivity index is 1.29. The van der Waals surface area contributed by atoms with Crippen molar-refractivity contribution in [2.45, 2.75) is 63.0 Å². The third-order valence-electron chi connectivity index (χ3n) is 6.25. The van der Waals surface area contributed by atoms with Gasteiger partial charge in [-0.15, -0.1) is 0 Å². The van der Waals surface area contributed by atoms with E-state index in [4.69, 9.17) is 14.2 Å². The Hall–Kier alpha value is -2.15. The zero-order chi connectivity index (χ0) is 24.8. The number of carbonyl (C=O) groups is 1. The average Bonchev–Trinajstić information content (AvgIpc) is 3.01. The number of hydrogen-bond donors (Lipinski definition) is 2. The molecule has 3 saturated heterocycles. The van der Waals surface area contributed by atoms with Crippen molar-refractivity contribution in [2.75, 3.05) is 32.8 Å². The van der Waals surface area contributed by atoms with Crippen LogP contribution in [0.2, 0.25) is 0 Å². The molecule has 3 fully saturated rings. The van der Waals surface area contributed by atoms with Crippen molar-refractivity contribution >= 4 is 6.09 Å². The molecule has 9 nitrogen and oxygen atoms in total. The highest BCUT2D eigenvalue weighted by Gasteiger charge is 2.50. The van der Waals surface area contributed by atoms with Crippen LogP contribution in [0.1, 0.15) is 26.5 Å². The third-order valence-corrected chi connectivity index (χ3v) is 6.25. The molecule has 0 radical (unpaired) electrons. The molecule has 2 N–H and O–H groups in total. The first-order chi connectivity index (χ1) is 15.8. The van der Waals surface area contributed by atoms with Gasteiger partial charge in [0.2, 0.25) is 5.88 Å². The van der Waals surface area contributed by atoms with Crippen LogP contribution in [0.25, 0.3) is 0 Å². The lowest BCUT2D eigenvalue weighted by atomic mass is 9.93.